The summed E-state index contributed by atoms with van der Waals surface area (Å²) in [5, 5.41) is 0. The van der Waals surface area contributed by atoms with Crippen LogP contribution in [0.5, 0.6) is 0 Å². The second-order valence-corrected chi connectivity index (χ2v) is 8.45. The van der Waals surface area contributed by atoms with Gasteiger partial charge in [-0.1, -0.05) is 50.5 Å². The van der Waals surface area contributed by atoms with E-state index in [4.69, 9.17) is 0 Å². The topological polar surface area (TPSA) is 16.1 Å². The van der Waals surface area contributed by atoms with Gasteiger partial charge in [-0.3, -0.25) is 9.88 Å². The first kappa shape index (κ1) is 17.7. The van der Waals surface area contributed by atoms with Crippen LogP contribution in [0, 0.1) is 5.92 Å². The van der Waals surface area contributed by atoms with Crippen molar-refractivity contribution >= 4 is 0 Å². The number of likely N-dealkylation sites (tertiary alicyclic amines) is 1. The fraction of sp³-hybridized carbons (Fsp3) is 0.542. The number of hydrogen-bond acceptors (Lipinski definition) is 2. The van der Waals surface area contributed by atoms with Gasteiger partial charge in [0.05, 0.1) is 5.69 Å². The Hall–Kier alpha value is -1.67. The number of benzene rings is 1. The van der Waals surface area contributed by atoms with E-state index >= 15 is 0 Å². The van der Waals surface area contributed by atoms with Gasteiger partial charge in [0.15, 0.2) is 0 Å². The van der Waals surface area contributed by atoms with E-state index in [-0.39, 0.29) is 0 Å². The number of nitrogens with zero attached hydrogens (tertiary/aromatic N) is 2. The molecule has 4 rings (SSSR count). The summed E-state index contributed by atoms with van der Waals surface area (Å²) in [7, 11) is 0. The molecule has 2 nitrogen and oxygen atoms in total. The van der Waals surface area contributed by atoms with Crippen LogP contribution in [0.4, 0.5) is 0 Å². The molecule has 0 N–H and O–H groups in total. The van der Waals surface area contributed by atoms with Crippen molar-refractivity contribution < 1.29 is 0 Å². The summed E-state index contributed by atoms with van der Waals surface area (Å²) < 4.78 is 0. The first-order valence-electron chi connectivity index (χ1n) is 10.6. The molecule has 1 aromatic carbocycles. The zero-order chi connectivity index (χ0) is 17.8. The van der Waals surface area contributed by atoms with E-state index in [0.717, 1.165) is 18.4 Å². The van der Waals surface area contributed by atoms with Crippen molar-refractivity contribution in [3.8, 4) is 11.1 Å². The van der Waals surface area contributed by atoms with Gasteiger partial charge in [-0.15, -0.1) is 0 Å². The summed E-state index contributed by atoms with van der Waals surface area (Å²) >= 11 is 0. The predicted molar refractivity (Wildman–Crippen MR) is 109 cm³/mol. The maximum absolute atomic E-state index is 4.63. The van der Waals surface area contributed by atoms with E-state index in [9.17, 15) is 0 Å². The lowest BCUT2D eigenvalue weighted by atomic mass is 9.84. The van der Waals surface area contributed by atoms with Crippen LogP contribution in [-0.2, 0) is 6.54 Å². The fourth-order valence-electron chi connectivity index (χ4n) is 4.58. The third kappa shape index (κ3) is 4.35. The monoisotopic (exact) mass is 348 g/mol. The van der Waals surface area contributed by atoms with Crippen LogP contribution >= 0.6 is 0 Å². The Labute approximate surface area is 158 Å². The lowest BCUT2D eigenvalue weighted by molar-refractivity contribution is 0.183. The quantitative estimate of drug-likeness (QED) is 0.671. The van der Waals surface area contributed by atoms with E-state index in [1.165, 1.54) is 80.4 Å². The molecule has 1 saturated heterocycles. The van der Waals surface area contributed by atoms with E-state index in [0.29, 0.717) is 0 Å². The Morgan fingerprint density at radius 2 is 1.62 bits per heavy atom. The number of pyridine rings is 1. The van der Waals surface area contributed by atoms with Crippen LogP contribution in [0.1, 0.15) is 69.0 Å². The smallest absolute Gasteiger partial charge is 0.0550 e. The fourth-order valence-corrected chi connectivity index (χ4v) is 4.58. The zero-order valence-electron chi connectivity index (χ0n) is 16.2. The number of piperidine rings is 1. The van der Waals surface area contributed by atoms with Crippen molar-refractivity contribution in [2.75, 3.05) is 13.1 Å². The van der Waals surface area contributed by atoms with Crippen molar-refractivity contribution in [1.82, 2.24) is 9.88 Å². The highest BCUT2D eigenvalue weighted by atomic mass is 15.1. The van der Waals surface area contributed by atoms with Gasteiger partial charge in [0.1, 0.15) is 0 Å². The van der Waals surface area contributed by atoms with Gasteiger partial charge >= 0.3 is 0 Å². The highest BCUT2D eigenvalue weighted by Crippen LogP contribution is 2.33. The molecule has 0 atom stereocenters. The van der Waals surface area contributed by atoms with Crippen LogP contribution in [0.25, 0.3) is 11.1 Å². The summed E-state index contributed by atoms with van der Waals surface area (Å²) in [5.74, 6) is 1.67. The average Bonchev–Trinajstić information content (AvgIpc) is 2.71. The Balaban J connectivity index is 1.44. The van der Waals surface area contributed by atoms with Gasteiger partial charge in [0.2, 0.25) is 0 Å². The predicted octanol–water partition coefficient (Wildman–Crippen LogP) is 6.03. The number of hydrogen-bond donors (Lipinski definition) is 0. The molecule has 138 valence electrons. The molecule has 1 saturated carbocycles. The Kier molecular flexibility index (Phi) is 5.69. The third-order valence-corrected chi connectivity index (χ3v) is 6.40. The minimum absolute atomic E-state index is 0.785. The number of rotatable bonds is 4. The standard InChI is InChI=1S/C24H32N2/c1-19-12-15-26(16-13-19)18-24-17-23(11-14-25-24)22-9-7-21(8-10-22)20-5-3-2-4-6-20/h7-11,14,17,19-20H,2-6,12-13,15-16,18H2,1H3. The Bertz CT molecular complexity index is 692. The first-order chi connectivity index (χ1) is 12.8. The molecule has 2 fully saturated rings. The molecule has 0 amide bonds. The molecular formula is C24H32N2. The van der Waals surface area contributed by atoms with Crippen molar-refractivity contribution in [3.63, 3.8) is 0 Å². The molecule has 2 aromatic rings. The van der Waals surface area contributed by atoms with Crippen molar-refractivity contribution in [1.29, 1.82) is 0 Å². The van der Waals surface area contributed by atoms with E-state index < -0.39 is 0 Å². The molecule has 0 bridgehead atoms. The largest absolute Gasteiger partial charge is 0.297 e. The minimum Gasteiger partial charge on any atom is -0.297 e. The lowest BCUT2D eigenvalue weighted by Gasteiger charge is -2.29. The van der Waals surface area contributed by atoms with Crippen LogP contribution < -0.4 is 0 Å². The molecule has 1 aromatic heterocycles. The summed E-state index contributed by atoms with van der Waals surface area (Å²) in [6, 6.07) is 13.8. The molecule has 1 aliphatic heterocycles. The molecule has 0 unspecified atom stereocenters. The van der Waals surface area contributed by atoms with Crippen molar-refractivity contribution in [2.45, 2.75) is 64.3 Å². The Morgan fingerprint density at radius 3 is 2.35 bits per heavy atom. The molecule has 0 spiro atoms. The summed E-state index contributed by atoms with van der Waals surface area (Å²) in [6.45, 7) is 5.78. The normalized spacial score (nSPS) is 20.3. The van der Waals surface area contributed by atoms with Crippen LogP contribution in [0.15, 0.2) is 42.6 Å². The molecule has 2 aliphatic rings. The van der Waals surface area contributed by atoms with E-state index in [2.05, 4.69) is 53.2 Å². The molecule has 2 heterocycles. The van der Waals surface area contributed by atoms with E-state index in [1.54, 1.807) is 0 Å². The molecule has 2 heteroatoms. The SMILES string of the molecule is CC1CCN(Cc2cc(-c3ccc(C4CCCCC4)cc3)ccn2)CC1. The molecule has 26 heavy (non-hydrogen) atoms. The van der Waals surface area contributed by atoms with Gasteiger partial charge in [-0.05, 0) is 79.4 Å². The molecular weight excluding hydrogens is 316 g/mol. The second-order valence-electron chi connectivity index (χ2n) is 8.45. The maximum atomic E-state index is 4.63. The number of aromatic nitrogens is 1. The summed E-state index contributed by atoms with van der Waals surface area (Å²) in [4.78, 5) is 7.18. The van der Waals surface area contributed by atoms with E-state index in [1.807, 2.05) is 6.20 Å². The zero-order valence-corrected chi connectivity index (χ0v) is 16.2. The second kappa shape index (κ2) is 8.35. The van der Waals surface area contributed by atoms with Gasteiger partial charge in [0.25, 0.3) is 0 Å². The molecule has 1 aliphatic carbocycles. The third-order valence-electron chi connectivity index (χ3n) is 6.40. The highest BCUT2D eigenvalue weighted by molar-refractivity contribution is 5.63. The van der Waals surface area contributed by atoms with Gasteiger partial charge in [0, 0.05) is 12.7 Å². The summed E-state index contributed by atoms with van der Waals surface area (Å²) in [6.07, 6.45) is 11.6. The van der Waals surface area contributed by atoms with Gasteiger partial charge < -0.3 is 0 Å². The highest BCUT2D eigenvalue weighted by Gasteiger charge is 2.17. The lowest BCUT2D eigenvalue weighted by Crippen LogP contribution is -2.32. The van der Waals surface area contributed by atoms with Crippen LogP contribution in [0.2, 0.25) is 0 Å². The van der Waals surface area contributed by atoms with Crippen LogP contribution in [-0.4, -0.2) is 23.0 Å². The maximum Gasteiger partial charge on any atom is 0.0550 e. The minimum atomic E-state index is 0.785. The van der Waals surface area contributed by atoms with Crippen LogP contribution in [0.3, 0.4) is 0 Å². The Morgan fingerprint density at radius 1 is 0.885 bits per heavy atom. The van der Waals surface area contributed by atoms with Crippen molar-refractivity contribution in [2.24, 2.45) is 5.92 Å². The first-order valence-corrected chi connectivity index (χ1v) is 10.6. The average molecular weight is 349 g/mol. The van der Waals surface area contributed by atoms with Gasteiger partial charge in [-0.2, -0.15) is 0 Å². The summed E-state index contributed by atoms with van der Waals surface area (Å²) in [5.41, 5.74) is 5.36. The molecule has 0 radical (unpaired) electrons. The van der Waals surface area contributed by atoms with Gasteiger partial charge in [-0.25, -0.2) is 0 Å². The van der Waals surface area contributed by atoms with Crippen molar-refractivity contribution in [3.05, 3.63) is 53.9 Å².